The molecule has 1 unspecified atom stereocenters. The lowest BCUT2D eigenvalue weighted by Crippen LogP contribution is -2.19. The number of carbonyl (C=O) groups is 1. The summed E-state index contributed by atoms with van der Waals surface area (Å²) in [6.07, 6.45) is 2.03. The van der Waals surface area contributed by atoms with E-state index < -0.39 is 5.97 Å². The standard InChI is InChI=1S/C12H17NO2S/c1-8-4-5-10(12(14)15)11(6-8)13-9(2)7-16-3/h4-6,9,13H,7H2,1-3H3,(H,14,15). The second-order valence-electron chi connectivity index (χ2n) is 3.85. The first-order chi connectivity index (χ1) is 7.54. The molecule has 1 atom stereocenters. The lowest BCUT2D eigenvalue weighted by Gasteiger charge is -2.16. The highest BCUT2D eigenvalue weighted by atomic mass is 32.2. The number of carboxylic acids is 1. The van der Waals surface area contributed by atoms with Crippen molar-refractivity contribution in [1.82, 2.24) is 0 Å². The highest BCUT2D eigenvalue weighted by molar-refractivity contribution is 7.98. The number of aryl methyl sites for hydroxylation is 1. The van der Waals surface area contributed by atoms with Crippen molar-refractivity contribution in [3.8, 4) is 0 Å². The molecule has 0 saturated carbocycles. The van der Waals surface area contributed by atoms with Crippen LogP contribution >= 0.6 is 11.8 Å². The molecule has 0 aromatic heterocycles. The minimum absolute atomic E-state index is 0.259. The molecule has 1 aromatic rings. The van der Waals surface area contributed by atoms with Gasteiger partial charge in [0.1, 0.15) is 0 Å². The molecule has 0 spiro atoms. The highest BCUT2D eigenvalue weighted by Crippen LogP contribution is 2.19. The molecule has 0 bridgehead atoms. The Bertz CT molecular complexity index is 379. The number of anilines is 1. The average Bonchev–Trinajstić information content (AvgIpc) is 2.17. The predicted molar refractivity (Wildman–Crippen MR) is 69.6 cm³/mol. The summed E-state index contributed by atoms with van der Waals surface area (Å²) in [7, 11) is 0. The molecule has 0 saturated heterocycles. The maximum absolute atomic E-state index is 11.0. The van der Waals surface area contributed by atoms with Crippen molar-refractivity contribution in [2.75, 3.05) is 17.3 Å². The van der Waals surface area contributed by atoms with E-state index in [1.165, 1.54) is 0 Å². The zero-order valence-electron chi connectivity index (χ0n) is 9.78. The zero-order valence-corrected chi connectivity index (χ0v) is 10.6. The third kappa shape index (κ3) is 3.45. The van der Waals surface area contributed by atoms with Crippen molar-refractivity contribution in [3.63, 3.8) is 0 Å². The van der Waals surface area contributed by atoms with E-state index in [0.29, 0.717) is 11.3 Å². The number of hydrogen-bond acceptors (Lipinski definition) is 3. The summed E-state index contributed by atoms with van der Waals surface area (Å²) in [5.74, 6) is 0.0614. The van der Waals surface area contributed by atoms with Crippen molar-refractivity contribution in [1.29, 1.82) is 0 Å². The number of hydrogen-bond donors (Lipinski definition) is 2. The van der Waals surface area contributed by atoms with Gasteiger partial charge in [-0.05, 0) is 37.8 Å². The van der Waals surface area contributed by atoms with E-state index in [9.17, 15) is 4.79 Å². The Kier molecular flexibility index (Phi) is 4.68. The SMILES string of the molecule is CSCC(C)Nc1cc(C)ccc1C(=O)O. The molecule has 1 aromatic carbocycles. The summed E-state index contributed by atoms with van der Waals surface area (Å²) < 4.78 is 0. The van der Waals surface area contributed by atoms with Gasteiger partial charge in [0.2, 0.25) is 0 Å². The number of aromatic carboxylic acids is 1. The molecule has 0 amide bonds. The van der Waals surface area contributed by atoms with Crippen molar-refractivity contribution in [2.24, 2.45) is 0 Å². The normalized spacial score (nSPS) is 12.2. The Morgan fingerprint density at radius 2 is 2.25 bits per heavy atom. The summed E-state index contributed by atoms with van der Waals surface area (Å²) >= 11 is 1.74. The Morgan fingerprint density at radius 3 is 2.81 bits per heavy atom. The van der Waals surface area contributed by atoms with Gasteiger partial charge in [-0.2, -0.15) is 11.8 Å². The molecule has 0 aliphatic heterocycles. The van der Waals surface area contributed by atoms with Gasteiger partial charge in [-0.25, -0.2) is 4.79 Å². The highest BCUT2D eigenvalue weighted by Gasteiger charge is 2.11. The second-order valence-corrected chi connectivity index (χ2v) is 4.77. The molecule has 0 fully saturated rings. The molecule has 2 N–H and O–H groups in total. The third-order valence-corrected chi connectivity index (χ3v) is 3.06. The van der Waals surface area contributed by atoms with Crippen molar-refractivity contribution >= 4 is 23.4 Å². The molecule has 0 aliphatic carbocycles. The maximum Gasteiger partial charge on any atom is 0.337 e. The van der Waals surface area contributed by atoms with Crippen LogP contribution in [-0.2, 0) is 0 Å². The van der Waals surface area contributed by atoms with Crippen LogP contribution in [0.1, 0.15) is 22.8 Å². The fourth-order valence-corrected chi connectivity index (χ4v) is 2.10. The Hall–Kier alpha value is -1.16. The Labute approximate surface area is 100 Å². The van der Waals surface area contributed by atoms with E-state index in [0.717, 1.165) is 11.3 Å². The summed E-state index contributed by atoms with van der Waals surface area (Å²) in [6.45, 7) is 4.00. The van der Waals surface area contributed by atoms with Crippen LogP contribution in [0.4, 0.5) is 5.69 Å². The first-order valence-corrected chi connectivity index (χ1v) is 6.53. The fourth-order valence-electron chi connectivity index (χ4n) is 1.52. The van der Waals surface area contributed by atoms with Gasteiger partial charge in [-0.15, -0.1) is 0 Å². The van der Waals surface area contributed by atoms with Gasteiger partial charge in [0.25, 0.3) is 0 Å². The molecular formula is C12H17NO2S. The molecule has 1 rings (SSSR count). The Balaban J connectivity index is 2.92. The van der Waals surface area contributed by atoms with Gasteiger partial charge in [0.15, 0.2) is 0 Å². The third-order valence-electron chi connectivity index (χ3n) is 2.22. The lowest BCUT2D eigenvalue weighted by molar-refractivity contribution is 0.0698. The van der Waals surface area contributed by atoms with E-state index in [-0.39, 0.29) is 6.04 Å². The quantitative estimate of drug-likeness (QED) is 0.829. The van der Waals surface area contributed by atoms with E-state index in [4.69, 9.17) is 5.11 Å². The van der Waals surface area contributed by atoms with E-state index in [1.54, 1.807) is 17.8 Å². The Morgan fingerprint density at radius 1 is 1.56 bits per heavy atom. The summed E-state index contributed by atoms with van der Waals surface area (Å²) in [4.78, 5) is 11.0. The maximum atomic E-state index is 11.0. The van der Waals surface area contributed by atoms with Gasteiger partial charge < -0.3 is 10.4 Å². The smallest absolute Gasteiger partial charge is 0.337 e. The van der Waals surface area contributed by atoms with Crippen molar-refractivity contribution < 1.29 is 9.90 Å². The topological polar surface area (TPSA) is 49.3 Å². The monoisotopic (exact) mass is 239 g/mol. The number of thioether (sulfide) groups is 1. The largest absolute Gasteiger partial charge is 0.478 e. The predicted octanol–water partition coefficient (Wildman–Crippen LogP) is 2.86. The molecule has 4 heteroatoms. The van der Waals surface area contributed by atoms with Gasteiger partial charge in [0.05, 0.1) is 5.56 Å². The van der Waals surface area contributed by atoms with Crippen LogP contribution in [0.15, 0.2) is 18.2 Å². The molecule has 16 heavy (non-hydrogen) atoms. The van der Waals surface area contributed by atoms with E-state index >= 15 is 0 Å². The average molecular weight is 239 g/mol. The number of nitrogens with one attached hydrogen (secondary N) is 1. The molecule has 88 valence electrons. The second kappa shape index (κ2) is 5.80. The summed E-state index contributed by atoms with van der Waals surface area (Å²) in [6, 6.07) is 5.59. The van der Waals surface area contributed by atoms with E-state index in [2.05, 4.69) is 5.32 Å². The molecule has 0 heterocycles. The van der Waals surface area contributed by atoms with Crippen LogP contribution in [0.3, 0.4) is 0 Å². The van der Waals surface area contributed by atoms with Crippen LogP contribution in [0, 0.1) is 6.92 Å². The van der Waals surface area contributed by atoms with Crippen LogP contribution in [0.2, 0.25) is 0 Å². The number of benzene rings is 1. The van der Waals surface area contributed by atoms with Gasteiger partial charge in [-0.3, -0.25) is 0 Å². The van der Waals surface area contributed by atoms with Gasteiger partial charge in [0, 0.05) is 17.5 Å². The van der Waals surface area contributed by atoms with Crippen molar-refractivity contribution in [2.45, 2.75) is 19.9 Å². The molecule has 0 radical (unpaired) electrons. The lowest BCUT2D eigenvalue weighted by atomic mass is 10.1. The van der Waals surface area contributed by atoms with Gasteiger partial charge >= 0.3 is 5.97 Å². The van der Waals surface area contributed by atoms with Crippen LogP contribution in [0.5, 0.6) is 0 Å². The van der Waals surface area contributed by atoms with Crippen LogP contribution in [-0.4, -0.2) is 29.1 Å². The first kappa shape index (κ1) is 12.9. The number of carboxylic acid groups (broad SMARTS) is 1. The minimum Gasteiger partial charge on any atom is -0.478 e. The zero-order chi connectivity index (χ0) is 12.1. The van der Waals surface area contributed by atoms with Crippen molar-refractivity contribution in [3.05, 3.63) is 29.3 Å². The first-order valence-electron chi connectivity index (χ1n) is 5.14. The van der Waals surface area contributed by atoms with Crippen LogP contribution in [0.25, 0.3) is 0 Å². The van der Waals surface area contributed by atoms with Crippen LogP contribution < -0.4 is 5.32 Å². The minimum atomic E-state index is -0.890. The van der Waals surface area contributed by atoms with E-state index in [1.807, 2.05) is 32.2 Å². The van der Waals surface area contributed by atoms with Gasteiger partial charge in [-0.1, -0.05) is 6.07 Å². The summed E-state index contributed by atoms with van der Waals surface area (Å²) in [5, 5.41) is 12.3. The molecular weight excluding hydrogens is 222 g/mol. The summed E-state index contributed by atoms with van der Waals surface area (Å²) in [5.41, 5.74) is 2.09. The number of rotatable bonds is 5. The fraction of sp³-hybridized carbons (Fsp3) is 0.417. The molecule has 0 aliphatic rings. The molecule has 3 nitrogen and oxygen atoms in total.